The highest BCUT2D eigenvalue weighted by Gasteiger charge is 2.13. The molecule has 1 atom stereocenters. The zero-order valence-corrected chi connectivity index (χ0v) is 9.57. The monoisotopic (exact) mass is 237 g/mol. The molecule has 0 aliphatic rings. The maximum atomic E-state index is 9.86. The number of halogens is 1. The van der Waals surface area contributed by atoms with E-state index in [1.165, 1.54) is 6.33 Å². The summed E-state index contributed by atoms with van der Waals surface area (Å²) in [6.07, 6.45) is 1.09. The van der Waals surface area contributed by atoms with Crippen LogP contribution < -0.4 is 0 Å². The van der Waals surface area contributed by atoms with Gasteiger partial charge in [-0.1, -0.05) is 23.7 Å². The summed E-state index contributed by atoms with van der Waals surface area (Å²) in [6, 6.07) is 5.76. The second-order valence-corrected chi connectivity index (χ2v) is 4.09. The molecule has 0 aliphatic heterocycles. The summed E-state index contributed by atoms with van der Waals surface area (Å²) in [5.41, 5.74) is 2.00. The first-order valence-corrected chi connectivity index (χ1v) is 5.33. The number of hydrogen-bond donors (Lipinski definition) is 2. The van der Waals surface area contributed by atoms with E-state index in [4.69, 9.17) is 11.6 Å². The fourth-order valence-electron chi connectivity index (χ4n) is 1.50. The van der Waals surface area contributed by atoms with Crippen molar-refractivity contribution in [1.82, 2.24) is 15.2 Å². The van der Waals surface area contributed by atoms with Gasteiger partial charge in [-0.05, 0) is 24.1 Å². The first-order chi connectivity index (χ1) is 7.66. The van der Waals surface area contributed by atoms with Gasteiger partial charge in [0.2, 0.25) is 0 Å². The molecule has 1 aromatic carbocycles. The van der Waals surface area contributed by atoms with Crippen molar-refractivity contribution in [3.63, 3.8) is 0 Å². The summed E-state index contributed by atoms with van der Waals surface area (Å²) < 4.78 is 0. The van der Waals surface area contributed by atoms with Crippen molar-refractivity contribution in [2.45, 2.75) is 19.4 Å². The molecule has 4 nitrogen and oxygen atoms in total. The van der Waals surface area contributed by atoms with Gasteiger partial charge in [-0.2, -0.15) is 5.10 Å². The van der Waals surface area contributed by atoms with E-state index in [9.17, 15) is 5.11 Å². The molecule has 0 aliphatic carbocycles. The molecule has 1 aromatic heterocycles. The van der Waals surface area contributed by atoms with Crippen molar-refractivity contribution in [2.24, 2.45) is 0 Å². The van der Waals surface area contributed by atoms with Crippen LogP contribution in [0.15, 0.2) is 24.5 Å². The molecule has 0 amide bonds. The van der Waals surface area contributed by atoms with Gasteiger partial charge in [0.25, 0.3) is 0 Å². The van der Waals surface area contributed by atoms with Crippen LogP contribution in [-0.2, 0) is 6.42 Å². The molecule has 1 unspecified atom stereocenters. The highest BCUT2D eigenvalue weighted by molar-refractivity contribution is 6.31. The number of aliphatic hydroxyl groups excluding tert-OH is 1. The number of nitrogens with zero attached hydrogens (tertiary/aromatic N) is 2. The number of aryl methyl sites for hydroxylation is 1. The summed E-state index contributed by atoms with van der Waals surface area (Å²) in [5, 5.41) is 16.9. The molecule has 84 valence electrons. The molecule has 2 rings (SSSR count). The van der Waals surface area contributed by atoms with Gasteiger partial charge in [-0.15, -0.1) is 0 Å². The number of aromatic amines is 1. The van der Waals surface area contributed by atoms with E-state index in [-0.39, 0.29) is 0 Å². The van der Waals surface area contributed by atoms with Crippen LogP contribution in [0, 0.1) is 6.92 Å². The van der Waals surface area contributed by atoms with Crippen LogP contribution in [0.2, 0.25) is 5.02 Å². The lowest BCUT2D eigenvalue weighted by Crippen LogP contribution is -2.04. The fraction of sp³-hybridized carbons (Fsp3) is 0.273. The van der Waals surface area contributed by atoms with E-state index < -0.39 is 6.10 Å². The number of rotatable bonds is 3. The third-order valence-corrected chi connectivity index (χ3v) is 2.72. The highest BCUT2D eigenvalue weighted by atomic mass is 35.5. The van der Waals surface area contributed by atoms with Crippen LogP contribution in [-0.4, -0.2) is 20.3 Å². The molecular formula is C11H12ClN3O. The standard InChI is InChI=1S/C11H12ClN3O/c1-7-2-3-8(9(12)4-7)5-10(16)11-13-6-14-15-11/h2-4,6,10,16H,5H2,1H3,(H,13,14,15). The average Bonchev–Trinajstić information content (AvgIpc) is 2.75. The Hall–Kier alpha value is -1.39. The van der Waals surface area contributed by atoms with Crippen molar-refractivity contribution >= 4 is 11.6 Å². The van der Waals surface area contributed by atoms with Crippen molar-refractivity contribution in [1.29, 1.82) is 0 Å². The third kappa shape index (κ3) is 2.40. The summed E-state index contributed by atoms with van der Waals surface area (Å²) in [5.74, 6) is 0.455. The van der Waals surface area contributed by atoms with Crippen LogP contribution in [0.4, 0.5) is 0 Å². The Morgan fingerprint density at radius 1 is 1.50 bits per heavy atom. The van der Waals surface area contributed by atoms with Gasteiger partial charge in [-0.25, -0.2) is 4.98 Å². The van der Waals surface area contributed by atoms with E-state index in [0.717, 1.165) is 11.1 Å². The minimum atomic E-state index is -0.706. The number of aromatic nitrogens is 3. The number of H-pyrrole nitrogens is 1. The van der Waals surface area contributed by atoms with Gasteiger partial charge in [0.1, 0.15) is 12.4 Å². The van der Waals surface area contributed by atoms with Crippen LogP contribution >= 0.6 is 11.6 Å². The van der Waals surface area contributed by atoms with Gasteiger partial charge in [-0.3, -0.25) is 5.10 Å². The zero-order valence-electron chi connectivity index (χ0n) is 8.81. The van der Waals surface area contributed by atoms with Gasteiger partial charge < -0.3 is 5.11 Å². The summed E-state index contributed by atoms with van der Waals surface area (Å²) in [6.45, 7) is 1.97. The molecule has 0 spiro atoms. The molecule has 2 aromatic rings. The molecule has 0 fully saturated rings. The Bertz CT molecular complexity index is 470. The fourth-order valence-corrected chi connectivity index (χ4v) is 1.81. The third-order valence-electron chi connectivity index (χ3n) is 2.37. The molecule has 0 saturated carbocycles. The Balaban J connectivity index is 2.15. The van der Waals surface area contributed by atoms with Crippen molar-refractivity contribution in [3.05, 3.63) is 46.5 Å². The molecule has 16 heavy (non-hydrogen) atoms. The average molecular weight is 238 g/mol. The molecule has 1 heterocycles. The molecule has 5 heteroatoms. The number of aliphatic hydroxyl groups is 1. The number of nitrogens with one attached hydrogen (secondary N) is 1. The lowest BCUT2D eigenvalue weighted by molar-refractivity contribution is 0.169. The Labute approximate surface area is 98.3 Å². The minimum Gasteiger partial charge on any atom is -0.385 e. The second kappa shape index (κ2) is 4.63. The maximum absolute atomic E-state index is 9.86. The second-order valence-electron chi connectivity index (χ2n) is 3.69. The topological polar surface area (TPSA) is 61.8 Å². The molecule has 0 saturated heterocycles. The van der Waals surface area contributed by atoms with Gasteiger partial charge in [0, 0.05) is 11.4 Å². The maximum Gasteiger partial charge on any atom is 0.153 e. The van der Waals surface area contributed by atoms with E-state index in [1.54, 1.807) is 0 Å². The number of hydrogen-bond acceptors (Lipinski definition) is 3. The van der Waals surface area contributed by atoms with Crippen LogP contribution in [0.3, 0.4) is 0 Å². The lowest BCUT2D eigenvalue weighted by Gasteiger charge is -2.09. The molecule has 0 bridgehead atoms. The molecule has 0 radical (unpaired) electrons. The van der Waals surface area contributed by atoms with Gasteiger partial charge >= 0.3 is 0 Å². The SMILES string of the molecule is Cc1ccc(CC(O)c2ncn[nH]2)c(Cl)c1. The Kier molecular flexibility index (Phi) is 3.22. The zero-order chi connectivity index (χ0) is 11.5. The summed E-state index contributed by atoms with van der Waals surface area (Å²) in [7, 11) is 0. The van der Waals surface area contributed by atoms with Crippen molar-refractivity contribution in [2.75, 3.05) is 0 Å². The van der Waals surface area contributed by atoms with Crippen LogP contribution in [0.25, 0.3) is 0 Å². The van der Waals surface area contributed by atoms with E-state index in [0.29, 0.717) is 17.3 Å². The van der Waals surface area contributed by atoms with Gasteiger partial charge in [0.05, 0.1) is 0 Å². The Morgan fingerprint density at radius 3 is 2.94 bits per heavy atom. The van der Waals surface area contributed by atoms with Crippen LogP contribution in [0.5, 0.6) is 0 Å². The smallest absolute Gasteiger partial charge is 0.153 e. The molecular weight excluding hydrogens is 226 g/mol. The van der Waals surface area contributed by atoms with Crippen molar-refractivity contribution < 1.29 is 5.11 Å². The number of benzene rings is 1. The Morgan fingerprint density at radius 2 is 2.31 bits per heavy atom. The predicted octanol–water partition coefficient (Wildman–Crippen LogP) is 2.04. The minimum absolute atomic E-state index is 0.425. The first-order valence-electron chi connectivity index (χ1n) is 4.95. The van der Waals surface area contributed by atoms with E-state index in [1.807, 2.05) is 25.1 Å². The quantitative estimate of drug-likeness (QED) is 0.859. The van der Waals surface area contributed by atoms with Gasteiger partial charge in [0.15, 0.2) is 5.82 Å². The lowest BCUT2D eigenvalue weighted by atomic mass is 10.1. The summed E-state index contributed by atoms with van der Waals surface area (Å²) in [4.78, 5) is 3.90. The van der Waals surface area contributed by atoms with E-state index >= 15 is 0 Å². The van der Waals surface area contributed by atoms with E-state index in [2.05, 4.69) is 15.2 Å². The summed E-state index contributed by atoms with van der Waals surface area (Å²) >= 11 is 6.08. The van der Waals surface area contributed by atoms with Crippen molar-refractivity contribution in [3.8, 4) is 0 Å². The molecule has 2 N–H and O–H groups in total. The largest absolute Gasteiger partial charge is 0.385 e. The highest BCUT2D eigenvalue weighted by Crippen LogP contribution is 2.22. The first kappa shape index (κ1) is 11.1. The van der Waals surface area contributed by atoms with Crippen LogP contribution in [0.1, 0.15) is 23.1 Å². The predicted molar refractivity (Wildman–Crippen MR) is 61.2 cm³/mol. The normalized spacial score (nSPS) is 12.7.